The lowest BCUT2D eigenvalue weighted by atomic mass is 10.1. The maximum Gasteiger partial charge on any atom is 0.338 e. The Balaban J connectivity index is 1.44. The average Bonchev–Trinajstić information content (AvgIpc) is 2.95. The quantitative estimate of drug-likeness (QED) is 0.230. The van der Waals surface area contributed by atoms with Crippen molar-refractivity contribution in [1.29, 1.82) is 0 Å². The van der Waals surface area contributed by atoms with Crippen molar-refractivity contribution in [2.75, 3.05) is 13.2 Å². The first-order chi connectivity index (χ1) is 18.5. The number of hydrogen-bond donors (Lipinski definition) is 2. The van der Waals surface area contributed by atoms with Crippen LogP contribution in [0.4, 0.5) is 0 Å². The van der Waals surface area contributed by atoms with Crippen LogP contribution in [0.2, 0.25) is 0 Å². The highest BCUT2D eigenvalue weighted by Gasteiger charge is 2.27. The minimum Gasteiger partial charge on any atom is -0.494 e. The van der Waals surface area contributed by atoms with E-state index in [0.717, 1.165) is 4.57 Å². The fourth-order valence-electron chi connectivity index (χ4n) is 4.07. The van der Waals surface area contributed by atoms with Crippen LogP contribution in [0, 0.1) is 0 Å². The van der Waals surface area contributed by atoms with Gasteiger partial charge in [-0.25, -0.2) is 14.8 Å². The predicted octanol–water partition coefficient (Wildman–Crippen LogP) is 3.16. The number of aromatic hydroxyl groups is 1. The first-order valence-electron chi connectivity index (χ1n) is 11.8. The summed E-state index contributed by atoms with van der Waals surface area (Å²) in [5, 5.41) is 15.9. The Hall–Kier alpha value is -5.12. The third kappa shape index (κ3) is 4.66. The molecule has 1 aromatic heterocycles. The molecular formula is C28H23N3O7. The molecule has 0 saturated carbocycles. The van der Waals surface area contributed by atoms with Crippen molar-refractivity contribution in [3.05, 3.63) is 94.3 Å². The SMILES string of the molecule is CCOC(=O)c1ccc(-n2c(O)c(C=NNC(=O)C3COc4ccccc4O3)c3ccccc3c2=O)cc1. The van der Waals surface area contributed by atoms with Crippen LogP contribution in [0.5, 0.6) is 17.4 Å². The first-order valence-corrected chi connectivity index (χ1v) is 11.8. The Kier molecular flexibility index (Phi) is 6.77. The molecule has 2 heterocycles. The van der Waals surface area contributed by atoms with Gasteiger partial charge in [0, 0.05) is 10.8 Å². The summed E-state index contributed by atoms with van der Waals surface area (Å²) in [5.41, 5.74) is 2.79. The number of aromatic nitrogens is 1. The molecule has 192 valence electrons. The summed E-state index contributed by atoms with van der Waals surface area (Å²) in [6, 6.07) is 19.8. The van der Waals surface area contributed by atoms with Crippen LogP contribution in [0.1, 0.15) is 22.8 Å². The lowest BCUT2D eigenvalue weighted by Crippen LogP contribution is -2.42. The molecule has 3 aromatic carbocycles. The molecule has 1 amide bonds. The number of esters is 1. The van der Waals surface area contributed by atoms with Gasteiger partial charge in [0.2, 0.25) is 12.0 Å². The first kappa shape index (κ1) is 24.6. The number of para-hydroxylation sites is 2. The van der Waals surface area contributed by atoms with Gasteiger partial charge in [-0.3, -0.25) is 9.59 Å². The second kappa shape index (κ2) is 10.5. The van der Waals surface area contributed by atoms with Gasteiger partial charge in [0.25, 0.3) is 11.5 Å². The molecule has 10 nitrogen and oxygen atoms in total. The number of nitrogens with one attached hydrogen (secondary N) is 1. The number of benzene rings is 3. The molecule has 0 aliphatic carbocycles. The van der Waals surface area contributed by atoms with Gasteiger partial charge >= 0.3 is 5.97 Å². The van der Waals surface area contributed by atoms with E-state index in [1.54, 1.807) is 55.5 Å². The number of pyridine rings is 1. The van der Waals surface area contributed by atoms with E-state index in [0.29, 0.717) is 33.5 Å². The zero-order valence-corrected chi connectivity index (χ0v) is 20.3. The fraction of sp³-hybridized carbons (Fsp3) is 0.143. The van der Waals surface area contributed by atoms with Crippen LogP contribution < -0.4 is 20.5 Å². The van der Waals surface area contributed by atoms with E-state index in [-0.39, 0.29) is 24.7 Å². The van der Waals surface area contributed by atoms with Crippen LogP contribution in [-0.2, 0) is 9.53 Å². The van der Waals surface area contributed by atoms with E-state index in [1.165, 1.54) is 30.5 Å². The normalized spacial score (nSPS) is 14.4. The van der Waals surface area contributed by atoms with Crippen molar-refractivity contribution in [2.24, 2.45) is 5.10 Å². The molecule has 38 heavy (non-hydrogen) atoms. The lowest BCUT2D eigenvalue weighted by molar-refractivity contribution is -0.130. The van der Waals surface area contributed by atoms with Crippen molar-refractivity contribution in [3.8, 4) is 23.1 Å². The molecule has 0 bridgehead atoms. The Morgan fingerprint density at radius 3 is 2.47 bits per heavy atom. The fourth-order valence-corrected chi connectivity index (χ4v) is 4.07. The van der Waals surface area contributed by atoms with Gasteiger partial charge in [-0.2, -0.15) is 5.10 Å². The Morgan fingerprint density at radius 1 is 1.05 bits per heavy atom. The van der Waals surface area contributed by atoms with Crippen LogP contribution in [0.15, 0.2) is 82.7 Å². The number of amides is 1. The van der Waals surface area contributed by atoms with Crippen molar-refractivity contribution >= 4 is 28.9 Å². The van der Waals surface area contributed by atoms with Crippen LogP contribution in [0.25, 0.3) is 16.5 Å². The number of hydrogen-bond acceptors (Lipinski definition) is 8. The summed E-state index contributed by atoms with van der Waals surface area (Å²) >= 11 is 0. The highest BCUT2D eigenvalue weighted by atomic mass is 16.6. The maximum absolute atomic E-state index is 13.3. The number of fused-ring (bicyclic) bond motifs is 2. The summed E-state index contributed by atoms with van der Waals surface area (Å²) in [7, 11) is 0. The topological polar surface area (TPSA) is 128 Å². The minimum absolute atomic E-state index is 0.0131. The van der Waals surface area contributed by atoms with E-state index < -0.39 is 23.5 Å². The Morgan fingerprint density at radius 2 is 1.74 bits per heavy atom. The minimum atomic E-state index is -0.917. The summed E-state index contributed by atoms with van der Waals surface area (Å²) in [4.78, 5) is 37.9. The molecule has 0 radical (unpaired) electrons. The largest absolute Gasteiger partial charge is 0.494 e. The standard InChI is InChI=1S/C28H23N3O7/c1-2-36-28(35)17-11-13-18(14-12-17)31-26(33)20-8-4-3-7-19(20)21(27(31)34)15-29-30-25(32)24-16-37-22-9-5-6-10-23(22)38-24/h3-15,24,34H,2,16H2,1H3,(H,30,32). The van der Waals surface area contributed by atoms with Crippen molar-refractivity contribution in [3.63, 3.8) is 0 Å². The molecule has 4 aromatic rings. The van der Waals surface area contributed by atoms with Crippen molar-refractivity contribution < 1.29 is 28.9 Å². The number of carbonyl (C=O) groups excluding carboxylic acids is 2. The van der Waals surface area contributed by atoms with Crippen LogP contribution in [0.3, 0.4) is 0 Å². The highest BCUT2D eigenvalue weighted by Crippen LogP contribution is 2.31. The molecule has 0 fully saturated rings. The summed E-state index contributed by atoms with van der Waals surface area (Å²) in [6.07, 6.45) is 0.343. The van der Waals surface area contributed by atoms with E-state index >= 15 is 0 Å². The number of nitrogens with zero attached hydrogens (tertiary/aromatic N) is 2. The van der Waals surface area contributed by atoms with Gasteiger partial charge in [-0.05, 0) is 49.4 Å². The Bertz CT molecular complexity index is 1610. The van der Waals surface area contributed by atoms with E-state index in [9.17, 15) is 19.5 Å². The molecule has 1 unspecified atom stereocenters. The molecular weight excluding hydrogens is 490 g/mol. The van der Waals surface area contributed by atoms with Crippen molar-refractivity contribution in [1.82, 2.24) is 9.99 Å². The number of ether oxygens (including phenoxy) is 3. The summed E-state index contributed by atoms with van der Waals surface area (Å²) in [5.74, 6) is -0.417. The van der Waals surface area contributed by atoms with E-state index in [1.807, 2.05) is 0 Å². The predicted molar refractivity (Wildman–Crippen MR) is 139 cm³/mol. The molecule has 0 spiro atoms. The monoisotopic (exact) mass is 513 g/mol. The van der Waals surface area contributed by atoms with Crippen molar-refractivity contribution in [2.45, 2.75) is 13.0 Å². The van der Waals surface area contributed by atoms with Crippen LogP contribution >= 0.6 is 0 Å². The van der Waals surface area contributed by atoms with Gasteiger partial charge in [-0.15, -0.1) is 0 Å². The maximum atomic E-state index is 13.3. The summed E-state index contributed by atoms with van der Waals surface area (Å²) < 4.78 is 17.4. The molecule has 1 aliphatic rings. The molecule has 1 atom stereocenters. The number of carbonyl (C=O) groups is 2. The molecule has 2 N–H and O–H groups in total. The van der Waals surface area contributed by atoms with Gasteiger partial charge in [0.1, 0.15) is 6.61 Å². The van der Waals surface area contributed by atoms with Gasteiger partial charge in [0.15, 0.2) is 11.5 Å². The second-order valence-electron chi connectivity index (χ2n) is 8.29. The average molecular weight is 514 g/mol. The van der Waals surface area contributed by atoms with Gasteiger partial charge in [-0.1, -0.05) is 30.3 Å². The second-order valence-corrected chi connectivity index (χ2v) is 8.29. The zero-order chi connectivity index (χ0) is 26.6. The third-order valence-electron chi connectivity index (χ3n) is 5.91. The Labute approximate surface area is 216 Å². The summed E-state index contributed by atoms with van der Waals surface area (Å²) in [6.45, 7) is 1.95. The smallest absolute Gasteiger partial charge is 0.338 e. The number of hydrazone groups is 1. The molecule has 0 saturated heterocycles. The van der Waals surface area contributed by atoms with Crippen LogP contribution in [-0.4, -0.2) is 47.1 Å². The van der Waals surface area contributed by atoms with E-state index in [4.69, 9.17) is 14.2 Å². The molecule has 10 heteroatoms. The van der Waals surface area contributed by atoms with E-state index in [2.05, 4.69) is 10.5 Å². The van der Waals surface area contributed by atoms with Gasteiger partial charge in [0.05, 0.1) is 29.6 Å². The molecule has 5 rings (SSSR count). The lowest BCUT2D eigenvalue weighted by Gasteiger charge is -2.24. The third-order valence-corrected chi connectivity index (χ3v) is 5.91. The van der Waals surface area contributed by atoms with Gasteiger partial charge < -0.3 is 19.3 Å². The number of rotatable bonds is 6. The molecule has 1 aliphatic heterocycles. The highest BCUT2D eigenvalue weighted by molar-refractivity contribution is 6.02. The zero-order valence-electron chi connectivity index (χ0n) is 20.3.